The molecule has 0 unspecified atom stereocenters. The van der Waals surface area contributed by atoms with E-state index in [2.05, 4.69) is 19.2 Å². The van der Waals surface area contributed by atoms with Crippen LogP contribution in [0.5, 0.6) is 0 Å². The van der Waals surface area contributed by atoms with Crippen LogP contribution >= 0.6 is 12.6 Å². The molecular formula is C4H8OS. The van der Waals surface area contributed by atoms with Crippen molar-refractivity contribution in [1.29, 1.82) is 0 Å². The number of hydrogen-bond donors (Lipinski definition) is 2. The summed E-state index contributed by atoms with van der Waals surface area (Å²) < 4.78 is 0. The Bertz CT molecular complexity index is 51.5. The van der Waals surface area contributed by atoms with Gasteiger partial charge in [0, 0.05) is 13.0 Å². The number of thiol groups is 1. The second-order valence-corrected chi connectivity index (χ2v) is 1.67. The third-order valence-corrected chi connectivity index (χ3v) is 0.624. The van der Waals surface area contributed by atoms with E-state index < -0.39 is 0 Å². The highest BCUT2D eigenvalue weighted by atomic mass is 32.1. The van der Waals surface area contributed by atoms with Crippen LogP contribution < -0.4 is 0 Å². The Balaban J connectivity index is 2.83. The van der Waals surface area contributed by atoms with Crippen molar-refractivity contribution in [2.45, 2.75) is 6.42 Å². The van der Waals surface area contributed by atoms with Crippen LogP contribution in [0.4, 0.5) is 0 Å². The lowest BCUT2D eigenvalue weighted by Gasteiger charge is -1.86. The third kappa shape index (κ3) is 4.05. The molecule has 0 aliphatic heterocycles. The van der Waals surface area contributed by atoms with Gasteiger partial charge >= 0.3 is 0 Å². The van der Waals surface area contributed by atoms with Crippen LogP contribution in [0.1, 0.15) is 6.42 Å². The molecule has 0 aliphatic rings. The molecule has 0 aromatic rings. The van der Waals surface area contributed by atoms with Gasteiger partial charge in [-0.1, -0.05) is 6.58 Å². The molecule has 0 saturated heterocycles. The van der Waals surface area contributed by atoms with Gasteiger partial charge < -0.3 is 5.11 Å². The minimum Gasteiger partial charge on any atom is -0.396 e. The van der Waals surface area contributed by atoms with Crippen LogP contribution in [0.2, 0.25) is 0 Å². The van der Waals surface area contributed by atoms with E-state index >= 15 is 0 Å². The number of aliphatic hydroxyl groups is 1. The van der Waals surface area contributed by atoms with Gasteiger partial charge in [0.15, 0.2) is 0 Å². The summed E-state index contributed by atoms with van der Waals surface area (Å²) in [6.07, 6.45) is 0.600. The molecule has 0 aromatic heterocycles. The van der Waals surface area contributed by atoms with Crippen molar-refractivity contribution in [2.24, 2.45) is 0 Å². The third-order valence-electron chi connectivity index (χ3n) is 0.400. The Kier molecular flexibility index (Phi) is 3.28. The van der Waals surface area contributed by atoms with Crippen molar-refractivity contribution in [3.63, 3.8) is 0 Å². The summed E-state index contributed by atoms with van der Waals surface area (Å²) in [6.45, 7) is 3.60. The van der Waals surface area contributed by atoms with Crippen molar-refractivity contribution in [3.05, 3.63) is 11.5 Å². The van der Waals surface area contributed by atoms with Gasteiger partial charge in [0.25, 0.3) is 0 Å². The molecule has 0 aliphatic carbocycles. The van der Waals surface area contributed by atoms with E-state index in [1.165, 1.54) is 0 Å². The Morgan fingerprint density at radius 3 is 2.33 bits per heavy atom. The molecule has 36 valence electrons. The second-order valence-electron chi connectivity index (χ2n) is 1.04. The van der Waals surface area contributed by atoms with E-state index in [1.54, 1.807) is 0 Å². The minimum atomic E-state index is 0.155. The molecule has 0 heterocycles. The van der Waals surface area contributed by atoms with Crippen LogP contribution in [0.3, 0.4) is 0 Å². The quantitative estimate of drug-likeness (QED) is 0.497. The first-order chi connectivity index (χ1) is 2.77. The van der Waals surface area contributed by atoms with E-state index in [0.717, 1.165) is 4.91 Å². The summed E-state index contributed by atoms with van der Waals surface area (Å²) in [7, 11) is 0. The van der Waals surface area contributed by atoms with E-state index in [-0.39, 0.29) is 6.61 Å². The molecule has 1 nitrogen and oxygen atoms in total. The molecule has 0 fully saturated rings. The minimum absolute atomic E-state index is 0.155. The molecule has 0 atom stereocenters. The molecule has 0 saturated carbocycles. The molecule has 0 rings (SSSR count). The summed E-state index contributed by atoms with van der Waals surface area (Å²) in [5.41, 5.74) is 0. The van der Waals surface area contributed by atoms with Crippen molar-refractivity contribution >= 4 is 12.6 Å². The summed E-state index contributed by atoms with van der Waals surface area (Å²) in [5, 5.41) is 8.13. The average molecular weight is 104 g/mol. The molecular weight excluding hydrogens is 96.1 g/mol. The lowest BCUT2D eigenvalue weighted by Crippen LogP contribution is -1.77. The first-order valence-electron chi connectivity index (χ1n) is 1.75. The lowest BCUT2D eigenvalue weighted by atomic mass is 10.5. The SMILES string of the molecule is C=C(S)CCO. The molecule has 0 spiro atoms. The topological polar surface area (TPSA) is 20.2 Å². The maximum atomic E-state index is 8.13. The Morgan fingerprint density at radius 2 is 2.33 bits per heavy atom. The van der Waals surface area contributed by atoms with E-state index in [9.17, 15) is 0 Å². The predicted octanol–water partition coefficient (Wildman–Crippen LogP) is 0.812. The van der Waals surface area contributed by atoms with Crippen LogP contribution in [-0.2, 0) is 0 Å². The lowest BCUT2D eigenvalue weighted by molar-refractivity contribution is 0.302. The normalized spacial score (nSPS) is 8.33. The summed E-state index contributed by atoms with van der Waals surface area (Å²) in [4.78, 5) is 0.734. The van der Waals surface area contributed by atoms with Gasteiger partial charge in [-0.05, 0) is 4.91 Å². The van der Waals surface area contributed by atoms with Gasteiger partial charge in [0.1, 0.15) is 0 Å². The van der Waals surface area contributed by atoms with E-state index in [1.807, 2.05) is 0 Å². The monoisotopic (exact) mass is 104 g/mol. The highest BCUT2D eigenvalue weighted by Gasteiger charge is 1.78. The van der Waals surface area contributed by atoms with E-state index in [4.69, 9.17) is 5.11 Å². The molecule has 2 heteroatoms. The zero-order valence-electron chi connectivity index (χ0n) is 3.52. The predicted molar refractivity (Wildman–Crippen MR) is 29.8 cm³/mol. The van der Waals surface area contributed by atoms with Crippen molar-refractivity contribution in [1.82, 2.24) is 0 Å². The summed E-state index contributed by atoms with van der Waals surface area (Å²) >= 11 is 3.82. The highest BCUT2D eigenvalue weighted by molar-refractivity contribution is 7.84. The van der Waals surface area contributed by atoms with Gasteiger partial charge in [0.05, 0.1) is 0 Å². The molecule has 0 amide bonds. The number of aliphatic hydroxyl groups excluding tert-OH is 1. The molecule has 0 radical (unpaired) electrons. The largest absolute Gasteiger partial charge is 0.396 e. The average Bonchev–Trinajstić information content (AvgIpc) is 1.35. The van der Waals surface area contributed by atoms with Crippen molar-refractivity contribution < 1.29 is 5.11 Å². The van der Waals surface area contributed by atoms with Crippen LogP contribution in [0, 0.1) is 0 Å². The molecule has 6 heavy (non-hydrogen) atoms. The van der Waals surface area contributed by atoms with Gasteiger partial charge in [-0.25, -0.2) is 0 Å². The highest BCUT2D eigenvalue weighted by Crippen LogP contribution is 1.98. The maximum Gasteiger partial charge on any atom is 0.0476 e. The van der Waals surface area contributed by atoms with Gasteiger partial charge in [-0.3, -0.25) is 0 Å². The number of hydrogen-bond acceptors (Lipinski definition) is 2. The van der Waals surface area contributed by atoms with Crippen LogP contribution in [-0.4, -0.2) is 11.7 Å². The fourth-order valence-corrected chi connectivity index (χ4v) is 0.229. The standard InChI is InChI=1S/C4H8OS/c1-4(6)2-3-5/h5-6H,1-3H2. The fraction of sp³-hybridized carbons (Fsp3) is 0.500. The van der Waals surface area contributed by atoms with E-state index in [0.29, 0.717) is 6.42 Å². The van der Waals surface area contributed by atoms with Gasteiger partial charge in [-0.15, -0.1) is 12.6 Å². The van der Waals surface area contributed by atoms with Crippen LogP contribution in [0.25, 0.3) is 0 Å². The smallest absolute Gasteiger partial charge is 0.0476 e. The number of rotatable bonds is 2. The second kappa shape index (κ2) is 3.25. The Labute approximate surface area is 43.1 Å². The first-order valence-corrected chi connectivity index (χ1v) is 2.19. The Hall–Kier alpha value is 0.0500. The van der Waals surface area contributed by atoms with Gasteiger partial charge in [0.2, 0.25) is 0 Å². The zero-order chi connectivity index (χ0) is 4.99. The molecule has 0 bridgehead atoms. The summed E-state index contributed by atoms with van der Waals surface area (Å²) in [6, 6.07) is 0. The molecule has 1 N–H and O–H groups in total. The maximum absolute atomic E-state index is 8.13. The molecule has 0 aromatic carbocycles. The first kappa shape index (κ1) is 6.05. The zero-order valence-corrected chi connectivity index (χ0v) is 4.41. The Morgan fingerprint density at radius 1 is 1.83 bits per heavy atom. The van der Waals surface area contributed by atoms with Crippen LogP contribution in [0.15, 0.2) is 11.5 Å². The van der Waals surface area contributed by atoms with Crippen molar-refractivity contribution in [3.8, 4) is 0 Å². The fourth-order valence-electron chi connectivity index (χ4n) is 0.129. The summed E-state index contributed by atoms with van der Waals surface area (Å²) in [5.74, 6) is 0. The van der Waals surface area contributed by atoms with Gasteiger partial charge in [-0.2, -0.15) is 0 Å². The van der Waals surface area contributed by atoms with Crippen molar-refractivity contribution in [2.75, 3.05) is 6.61 Å².